The largest absolute Gasteiger partial charge is 0.421 e. The van der Waals surface area contributed by atoms with Crippen molar-refractivity contribution in [2.24, 2.45) is 0 Å². The van der Waals surface area contributed by atoms with Crippen molar-refractivity contribution in [2.75, 3.05) is 6.61 Å². The van der Waals surface area contributed by atoms with Crippen molar-refractivity contribution >= 4 is 17.5 Å². The first-order chi connectivity index (χ1) is 10.4. The molecular formula is C15H18ClN3O3. The van der Waals surface area contributed by atoms with E-state index in [4.69, 9.17) is 21.1 Å². The topological polar surface area (TPSA) is 88.2 Å². The Morgan fingerprint density at radius 3 is 2.64 bits per heavy atom. The highest BCUT2D eigenvalue weighted by atomic mass is 35.5. The smallest absolute Gasteiger partial charge is 0.247 e. The average molecular weight is 324 g/mol. The fourth-order valence-electron chi connectivity index (χ4n) is 1.76. The summed E-state index contributed by atoms with van der Waals surface area (Å²) in [7, 11) is 0. The predicted molar refractivity (Wildman–Crippen MR) is 82.4 cm³/mol. The summed E-state index contributed by atoms with van der Waals surface area (Å²) in [5.74, 6) is 0.606. The number of nitrogens with one attached hydrogen (secondary N) is 1. The Hall–Kier alpha value is -1.92. The summed E-state index contributed by atoms with van der Waals surface area (Å²) in [6.07, 6.45) is 0.555. The zero-order valence-electron chi connectivity index (χ0n) is 12.5. The summed E-state index contributed by atoms with van der Waals surface area (Å²) in [6, 6.07) is 7.06. The molecular weight excluding hydrogens is 306 g/mol. The van der Waals surface area contributed by atoms with Gasteiger partial charge in [-0.05, 0) is 38.1 Å². The summed E-state index contributed by atoms with van der Waals surface area (Å²) < 4.78 is 5.52. The van der Waals surface area contributed by atoms with Crippen LogP contribution in [0.5, 0.6) is 0 Å². The van der Waals surface area contributed by atoms with Gasteiger partial charge in [0.15, 0.2) is 0 Å². The lowest BCUT2D eigenvalue weighted by molar-refractivity contribution is -0.123. The Morgan fingerprint density at radius 2 is 2.00 bits per heavy atom. The Balaban J connectivity index is 1.92. The number of benzene rings is 1. The predicted octanol–water partition coefficient (Wildman–Crippen LogP) is 2.21. The van der Waals surface area contributed by atoms with Crippen LogP contribution in [-0.4, -0.2) is 33.4 Å². The van der Waals surface area contributed by atoms with Gasteiger partial charge in [0.2, 0.25) is 17.7 Å². The van der Waals surface area contributed by atoms with Gasteiger partial charge in [-0.1, -0.05) is 11.6 Å². The first-order valence-corrected chi connectivity index (χ1v) is 7.27. The normalized spacial score (nSPS) is 11.5. The Morgan fingerprint density at radius 1 is 1.32 bits per heavy atom. The van der Waals surface area contributed by atoms with Crippen molar-refractivity contribution in [3.8, 4) is 11.5 Å². The van der Waals surface area contributed by atoms with E-state index in [9.17, 15) is 4.79 Å². The van der Waals surface area contributed by atoms with Crippen LogP contribution in [0, 0.1) is 0 Å². The maximum absolute atomic E-state index is 11.8. The molecule has 0 atom stereocenters. The molecule has 2 rings (SSSR count). The molecule has 1 aromatic heterocycles. The van der Waals surface area contributed by atoms with E-state index >= 15 is 0 Å². The zero-order chi connectivity index (χ0) is 16.2. The molecule has 0 saturated heterocycles. The van der Waals surface area contributed by atoms with Crippen LogP contribution in [0.25, 0.3) is 11.5 Å². The number of carbonyl (C=O) groups is 1. The first kappa shape index (κ1) is 16.5. The molecule has 1 aromatic carbocycles. The molecule has 1 heterocycles. The second kappa shape index (κ2) is 6.89. The van der Waals surface area contributed by atoms with Crippen molar-refractivity contribution in [1.29, 1.82) is 0 Å². The number of aromatic nitrogens is 2. The number of halogens is 1. The lowest BCUT2D eigenvalue weighted by atomic mass is 10.1. The van der Waals surface area contributed by atoms with Gasteiger partial charge < -0.3 is 14.8 Å². The van der Waals surface area contributed by atoms with Crippen molar-refractivity contribution in [2.45, 2.75) is 32.2 Å². The number of nitrogens with zero attached hydrogens (tertiary/aromatic N) is 2. The van der Waals surface area contributed by atoms with E-state index in [1.54, 1.807) is 38.1 Å². The lowest BCUT2D eigenvalue weighted by Gasteiger charge is -2.23. The number of aryl methyl sites for hydroxylation is 1. The molecule has 0 saturated carbocycles. The van der Waals surface area contributed by atoms with Crippen LogP contribution in [-0.2, 0) is 11.2 Å². The van der Waals surface area contributed by atoms with Crippen LogP contribution >= 0.6 is 11.6 Å². The summed E-state index contributed by atoms with van der Waals surface area (Å²) in [6.45, 7) is 3.37. The van der Waals surface area contributed by atoms with E-state index < -0.39 is 5.54 Å². The molecule has 2 N–H and O–H groups in total. The van der Waals surface area contributed by atoms with Gasteiger partial charge >= 0.3 is 0 Å². The summed E-state index contributed by atoms with van der Waals surface area (Å²) in [4.78, 5) is 11.8. The number of aliphatic hydroxyl groups excluding tert-OH is 1. The molecule has 0 aliphatic carbocycles. The summed E-state index contributed by atoms with van der Waals surface area (Å²) >= 11 is 5.82. The Bertz CT molecular complexity index is 638. The fourth-order valence-corrected chi connectivity index (χ4v) is 1.89. The molecule has 0 unspecified atom stereocenters. The Kier molecular flexibility index (Phi) is 5.15. The molecule has 6 nitrogen and oxygen atoms in total. The van der Waals surface area contributed by atoms with Crippen LogP contribution in [0.3, 0.4) is 0 Å². The summed E-state index contributed by atoms with van der Waals surface area (Å²) in [5.41, 5.74) is 0.134. The molecule has 1 amide bonds. The monoisotopic (exact) mass is 323 g/mol. The van der Waals surface area contributed by atoms with Crippen LogP contribution < -0.4 is 5.32 Å². The molecule has 7 heteroatoms. The molecule has 118 valence electrons. The van der Waals surface area contributed by atoms with Gasteiger partial charge in [-0.3, -0.25) is 4.79 Å². The van der Waals surface area contributed by atoms with Gasteiger partial charge in [0, 0.05) is 23.4 Å². The standard InChI is InChI=1S/C15H18ClN3O3/c1-15(2,9-20)17-12(21)7-8-13-18-19-14(22-13)10-3-5-11(16)6-4-10/h3-6,20H,7-9H2,1-2H3,(H,17,21). The third kappa shape index (κ3) is 4.54. The molecule has 0 aliphatic rings. The molecule has 0 radical (unpaired) electrons. The molecule has 2 aromatic rings. The highest BCUT2D eigenvalue weighted by Crippen LogP contribution is 2.20. The van der Waals surface area contributed by atoms with E-state index in [1.165, 1.54) is 0 Å². The van der Waals surface area contributed by atoms with Gasteiger partial charge in [-0.15, -0.1) is 10.2 Å². The van der Waals surface area contributed by atoms with Gasteiger partial charge in [0.25, 0.3) is 0 Å². The van der Waals surface area contributed by atoms with E-state index in [-0.39, 0.29) is 18.9 Å². The highest BCUT2D eigenvalue weighted by molar-refractivity contribution is 6.30. The van der Waals surface area contributed by atoms with Gasteiger partial charge in [-0.25, -0.2) is 0 Å². The average Bonchev–Trinajstić information content (AvgIpc) is 2.94. The minimum atomic E-state index is -0.638. The number of hydrogen-bond donors (Lipinski definition) is 2. The van der Waals surface area contributed by atoms with Crippen molar-refractivity contribution < 1.29 is 14.3 Å². The second-order valence-electron chi connectivity index (χ2n) is 5.60. The van der Waals surface area contributed by atoms with E-state index in [1.807, 2.05) is 0 Å². The first-order valence-electron chi connectivity index (χ1n) is 6.90. The molecule has 22 heavy (non-hydrogen) atoms. The second-order valence-corrected chi connectivity index (χ2v) is 6.03. The molecule has 0 aliphatic heterocycles. The van der Waals surface area contributed by atoms with Gasteiger partial charge in [0.05, 0.1) is 12.1 Å². The highest BCUT2D eigenvalue weighted by Gasteiger charge is 2.19. The molecule has 0 fully saturated rings. The number of hydrogen-bond acceptors (Lipinski definition) is 5. The van der Waals surface area contributed by atoms with E-state index in [2.05, 4.69) is 15.5 Å². The van der Waals surface area contributed by atoms with Gasteiger partial charge in [-0.2, -0.15) is 0 Å². The van der Waals surface area contributed by atoms with E-state index in [0.29, 0.717) is 23.2 Å². The van der Waals surface area contributed by atoms with Crippen LogP contribution in [0.15, 0.2) is 28.7 Å². The SMILES string of the molecule is CC(C)(CO)NC(=O)CCc1nnc(-c2ccc(Cl)cc2)o1. The number of carbonyl (C=O) groups excluding carboxylic acids is 1. The maximum Gasteiger partial charge on any atom is 0.247 e. The lowest BCUT2D eigenvalue weighted by Crippen LogP contribution is -2.46. The quantitative estimate of drug-likeness (QED) is 0.851. The minimum Gasteiger partial charge on any atom is -0.421 e. The third-order valence-electron chi connectivity index (χ3n) is 3.00. The van der Waals surface area contributed by atoms with Crippen molar-refractivity contribution in [3.05, 3.63) is 35.2 Å². The number of aliphatic hydroxyl groups is 1. The maximum atomic E-state index is 11.8. The van der Waals surface area contributed by atoms with Crippen LogP contribution in [0.4, 0.5) is 0 Å². The van der Waals surface area contributed by atoms with Gasteiger partial charge in [0.1, 0.15) is 0 Å². The molecule has 0 spiro atoms. The van der Waals surface area contributed by atoms with Crippen molar-refractivity contribution in [1.82, 2.24) is 15.5 Å². The third-order valence-corrected chi connectivity index (χ3v) is 3.25. The minimum absolute atomic E-state index is 0.125. The van der Waals surface area contributed by atoms with Crippen molar-refractivity contribution in [3.63, 3.8) is 0 Å². The van der Waals surface area contributed by atoms with Crippen LogP contribution in [0.1, 0.15) is 26.2 Å². The Labute approximate surface area is 133 Å². The zero-order valence-corrected chi connectivity index (χ0v) is 13.2. The number of rotatable bonds is 6. The number of amides is 1. The van der Waals surface area contributed by atoms with E-state index in [0.717, 1.165) is 5.56 Å². The summed E-state index contributed by atoms with van der Waals surface area (Å²) in [5, 5.41) is 20.3. The molecule has 0 bridgehead atoms. The van der Waals surface area contributed by atoms with Crippen LogP contribution in [0.2, 0.25) is 5.02 Å². The fraction of sp³-hybridized carbons (Fsp3) is 0.400.